The van der Waals surface area contributed by atoms with E-state index < -0.39 is 10.0 Å². The summed E-state index contributed by atoms with van der Waals surface area (Å²) in [5.41, 5.74) is 6.12. The van der Waals surface area contributed by atoms with E-state index in [0.29, 0.717) is 18.2 Å². The Labute approximate surface area is 120 Å². The predicted octanol–water partition coefficient (Wildman–Crippen LogP) is 2.14. The molecule has 2 rings (SSSR count). The summed E-state index contributed by atoms with van der Waals surface area (Å²) in [5.74, 6) is 0.722. The molecule has 1 aliphatic carbocycles. The van der Waals surface area contributed by atoms with Gasteiger partial charge in [0.15, 0.2) is 0 Å². The van der Waals surface area contributed by atoms with E-state index in [2.05, 4.69) is 4.72 Å². The summed E-state index contributed by atoms with van der Waals surface area (Å²) in [4.78, 5) is 0.144. The Morgan fingerprint density at radius 3 is 2.65 bits per heavy atom. The normalized spacial score (nSPS) is 17.1. The lowest BCUT2D eigenvalue weighted by Gasteiger charge is -2.22. The lowest BCUT2D eigenvalue weighted by molar-refractivity contribution is 0.356. The van der Waals surface area contributed by atoms with Crippen molar-refractivity contribution in [2.24, 2.45) is 5.92 Å². The Bertz CT molecular complexity index is 552. The van der Waals surface area contributed by atoms with Crippen molar-refractivity contribution < 1.29 is 13.2 Å². The van der Waals surface area contributed by atoms with Crippen LogP contribution in [0.15, 0.2) is 23.1 Å². The highest BCUT2D eigenvalue weighted by molar-refractivity contribution is 7.89. The molecule has 1 fully saturated rings. The van der Waals surface area contributed by atoms with Crippen LogP contribution >= 0.6 is 0 Å². The Morgan fingerprint density at radius 1 is 1.30 bits per heavy atom. The number of benzene rings is 1. The standard InChI is InChI=1S/C14H22N2O3S/c1-19-13-9-12(15)7-8-14(13)20(17,18)16-10-11-5-3-2-4-6-11/h7-9,11,16H,2-6,10,15H2,1H3. The van der Waals surface area contributed by atoms with Gasteiger partial charge in [-0.15, -0.1) is 0 Å². The van der Waals surface area contributed by atoms with Crippen LogP contribution in [0.25, 0.3) is 0 Å². The van der Waals surface area contributed by atoms with E-state index in [9.17, 15) is 8.42 Å². The summed E-state index contributed by atoms with van der Waals surface area (Å²) in [5, 5.41) is 0. The van der Waals surface area contributed by atoms with Gasteiger partial charge >= 0.3 is 0 Å². The zero-order valence-corrected chi connectivity index (χ0v) is 12.6. The maximum absolute atomic E-state index is 12.3. The highest BCUT2D eigenvalue weighted by Crippen LogP contribution is 2.27. The minimum atomic E-state index is -3.55. The van der Waals surface area contributed by atoms with Crippen molar-refractivity contribution in [2.45, 2.75) is 37.0 Å². The van der Waals surface area contributed by atoms with E-state index in [0.717, 1.165) is 12.8 Å². The number of nitrogen functional groups attached to an aromatic ring is 1. The van der Waals surface area contributed by atoms with Crippen molar-refractivity contribution >= 4 is 15.7 Å². The summed E-state index contributed by atoms with van der Waals surface area (Å²) in [6.07, 6.45) is 5.84. The van der Waals surface area contributed by atoms with Crippen LogP contribution in [0.3, 0.4) is 0 Å². The van der Waals surface area contributed by atoms with Crippen molar-refractivity contribution in [1.29, 1.82) is 0 Å². The van der Waals surface area contributed by atoms with Crippen LogP contribution in [0.4, 0.5) is 5.69 Å². The van der Waals surface area contributed by atoms with Gasteiger partial charge in [-0.2, -0.15) is 0 Å². The van der Waals surface area contributed by atoms with Gasteiger partial charge in [-0.25, -0.2) is 13.1 Å². The summed E-state index contributed by atoms with van der Waals surface area (Å²) in [6.45, 7) is 0.496. The molecular formula is C14H22N2O3S. The third kappa shape index (κ3) is 3.64. The van der Waals surface area contributed by atoms with Crippen LogP contribution < -0.4 is 15.2 Å². The Morgan fingerprint density at radius 2 is 2.00 bits per heavy atom. The molecule has 0 spiro atoms. The highest BCUT2D eigenvalue weighted by Gasteiger charge is 2.22. The van der Waals surface area contributed by atoms with Crippen molar-refractivity contribution in [3.8, 4) is 5.75 Å². The molecule has 0 atom stereocenters. The maximum Gasteiger partial charge on any atom is 0.244 e. The summed E-state index contributed by atoms with van der Waals surface area (Å²) in [7, 11) is -2.11. The predicted molar refractivity (Wildman–Crippen MR) is 79.2 cm³/mol. The molecule has 0 heterocycles. The van der Waals surface area contributed by atoms with Crippen LogP contribution in [-0.4, -0.2) is 22.1 Å². The third-order valence-corrected chi connectivity index (χ3v) is 5.23. The van der Waals surface area contributed by atoms with E-state index in [4.69, 9.17) is 10.5 Å². The second-order valence-electron chi connectivity index (χ2n) is 5.27. The topological polar surface area (TPSA) is 81.4 Å². The van der Waals surface area contributed by atoms with Crippen molar-refractivity contribution in [3.05, 3.63) is 18.2 Å². The number of rotatable bonds is 5. The number of sulfonamides is 1. The van der Waals surface area contributed by atoms with Crippen LogP contribution in [0.1, 0.15) is 32.1 Å². The van der Waals surface area contributed by atoms with Gasteiger partial charge in [0.2, 0.25) is 10.0 Å². The molecule has 1 aromatic rings. The van der Waals surface area contributed by atoms with Gasteiger partial charge in [0.25, 0.3) is 0 Å². The zero-order chi connectivity index (χ0) is 14.6. The molecule has 20 heavy (non-hydrogen) atoms. The first-order chi connectivity index (χ1) is 9.53. The van der Waals surface area contributed by atoms with E-state index in [-0.39, 0.29) is 10.6 Å². The van der Waals surface area contributed by atoms with E-state index in [1.165, 1.54) is 38.5 Å². The lowest BCUT2D eigenvalue weighted by Crippen LogP contribution is -2.30. The molecule has 1 saturated carbocycles. The van der Waals surface area contributed by atoms with Gasteiger partial charge in [0.1, 0.15) is 10.6 Å². The van der Waals surface area contributed by atoms with Crippen molar-refractivity contribution in [1.82, 2.24) is 4.72 Å². The molecule has 0 saturated heterocycles. The molecule has 1 aliphatic rings. The summed E-state index contributed by atoms with van der Waals surface area (Å²) >= 11 is 0. The minimum absolute atomic E-state index is 0.144. The number of methoxy groups -OCH3 is 1. The Balaban J connectivity index is 2.09. The van der Waals surface area contributed by atoms with Crippen LogP contribution in [-0.2, 0) is 10.0 Å². The van der Waals surface area contributed by atoms with Crippen LogP contribution in [0.5, 0.6) is 5.75 Å². The molecule has 0 aromatic heterocycles. The van der Waals surface area contributed by atoms with Crippen molar-refractivity contribution in [3.63, 3.8) is 0 Å². The summed E-state index contributed by atoms with van der Waals surface area (Å²) < 4.78 is 32.5. The first kappa shape index (κ1) is 15.1. The van der Waals surface area contributed by atoms with Gasteiger partial charge in [-0.1, -0.05) is 19.3 Å². The van der Waals surface area contributed by atoms with Gasteiger partial charge in [0, 0.05) is 18.3 Å². The number of ether oxygens (including phenoxy) is 1. The molecule has 0 bridgehead atoms. The minimum Gasteiger partial charge on any atom is -0.495 e. The van der Waals surface area contributed by atoms with Gasteiger partial charge in [-0.05, 0) is 30.9 Å². The first-order valence-corrected chi connectivity index (χ1v) is 8.44. The fraction of sp³-hybridized carbons (Fsp3) is 0.571. The number of hydrogen-bond donors (Lipinski definition) is 2. The Hall–Kier alpha value is -1.27. The van der Waals surface area contributed by atoms with E-state index in [1.807, 2.05) is 0 Å². The molecule has 5 nitrogen and oxygen atoms in total. The second-order valence-corrected chi connectivity index (χ2v) is 7.00. The molecule has 112 valence electrons. The lowest BCUT2D eigenvalue weighted by atomic mass is 9.90. The van der Waals surface area contributed by atoms with Gasteiger partial charge in [-0.3, -0.25) is 0 Å². The number of nitrogens with one attached hydrogen (secondary N) is 1. The highest BCUT2D eigenvalue weighted by atomic mass is 32.2. The molecule has 1 aromatic carbocycles. The zero-order valence-electron chi connectivity index (χ0n) is 11.8. The molecule has 0 amide bonds. The maximum atomic E-state index is 12.3. The fourth-order valence-electron chi connectivity index (χ4n) is 2.60. The molecule has 0 radical (unpaired) electrons. The first-order valence-electron chi connectivity index (χ1n) is 6.96. The van der Waals surface area contributed by atoms with Crippen LogP contribution in [0.2, 0.25) is 0 Å². The molecule has 0 unspecified atom stereocenters. The Kier molecular flexibility index (Phi) is 4.88. The second kappa shape index (κ2) is 6.45. The quantitative estimate of drug-likeness (QED) is 0.816. The van der Waals surface area contributed by atoms with E-state index in [1.54, 1.807) is 6.07 Å². The SMILES string of the molecule is COc1cc(N)ccc1S(=O)(=O)NCC1CCCCC1. The monoisotopic (exact) mass is 298 g/mol. The van der Waals surface area contributed by atoms with Crippen molar-refractivity contribution in [2.75, 3.05) is 19.4 Å². The van der Waals surface area contributed by atoms with E-state index >= 15 is 0 Å². The number of anilines is 1. The largest absolute Gasteiger partial charge is 0.495 e. The van der Waals surface area contributed by atoms with Gasteiger partial charge in [0.05, 0.1) is 7.11 Å². The molecule has 3 N–H and O–H groups in total. The average molecular weight is 298 g/mol. The van der Waals surface area contributed by atoms with Gasteiger partial charge < -0.3 is 10.5 Å². The molecule has 6 heteroatoms. The smallest absolute Gasteiger partial charge is 0.244 e. The van der Waals surface area contributed by atoms with Crippen LogP contribution in [0, 0.1) is 5.92 Å². The molecular weight excluding hydrogens is 276 g/mol. The average Bonchev–Trinajstić information content (AvgIpc) is 2.46. The third-order valence-electron chi connectivity index (χ3n) is 3.76. The fourth-order valence-corrected chi connectivity index (χ4v) is 3.87. The number of nitrogens with two attached hydrogens (primary N) is 1. The number of hydrogen-bond acceptors (Lipinski definition) is 4. The summed E-state index contributed by atoms with van der Waals surface area (Å²) in [6, 6.07) is 4.57. The molecule has 0 aliphatic heterocycles.